The van der Waals surface area contributed by atoms with Crippen molar-refractivity contribution in [3.05, 3.63) is 53.9 Å². The van der Waals surface area contributed by atoms with Gasteiger partial charge in [-0.1, -0.05) is 30.3 Å². The Bertz CT molecular complexity index is 1160. The van der Waals surface area contributed by atoms with E-state index in [-0.39, 0.29) is 17.6 Å². The molecule has 1 saturated heterocycles. The van der Waals surface area contributed by atoms with Gasteiger partial charge in [-0.05, 0) is 31.4 Å². The second-order valence-electron chi connectivity index (χ2n) is 8.37. The summed E-state index contributed by atoms with van der Waals surface area (Å²) in [5, 5.41) is 6.92. The number of hydrogen-bond donors (Lipinski definition) is 2. The highest BCUT2D eigenvalue weighted by Crippen LogP contribution is 2.34. The predicted octanol–water partition coefficient (Wildman–Crippen LogP) is 3.44. The summed E-state index contributed by atoms with van der Waals surface area (Å²) < 4.78 is 17.7. The molecule has 2 atom stereocenters. The van der Waals surface area contributed by atoms with Crippen molar-refractivity contribution in [2.75, 3.05) is 38.1 Å². The van der Waals surface area contributed by atoms with E-state index in [1.807, 2.05) is 43.3 Å². The van der Waals surface area contributed by atoms with Gasteiger partial charge >= 0.3 is 5.97 Å². The highest BCUT2D eigenvalue weighted by atomic mass is 16.5. The van der Waals surface area contributed by atoms with Crippen LogP contribution in [0.2, 0.25) is 0 Å². The lowest BCUT2D eigenvalue weighted by Crippen LogP contribution is -2.28. The second-order valence-corrected chi connectivity index (χ2v) is 8.37. The molecule has 1 aliphatic heterocycles. The molecule has 1 aliphatic rings. The highest BCUT2D eigenvalue weighted by molar-refractivity contribution is 6.12. The predicted molar refractivity (Wildman–Crippen MR) is 129 cm³/mol. The van der Waals surface area contributed by atoms with Gasteiger partial charge in [-0.25, -0.2) is 9.78 Å². The van der Waals surface area contributed by atoms with Gasteiger partial charge in [0.05, 0.1) is 31.3 Å². The summed E-state index contributed by atoms with van der Waals surface area (Å²) >= 11 is 0. The molecule has 0 unspecified atom stereocenters. The number of esters is 1. The Hall–Kier alpha value is -3.43. The van der Waals surface area contributed by atoms with Gasteiger partial charge in [0.25, 0.3) is 5.91 Å². The first-order valence-corrected chi connectivity index (χ1v) is 11.3. The van der Waals surface area contributed by atoms with Crippen LogP contribution in [0.15, 0.2) is 42.6 Å². The second kappa shape index (κ2) is 10.7. The van der Waals surface area contributed by atoms with E-state index >= 15 is 0 Å². The molecule has 0 saturated carbocycles. The maximum absolute atomic E-state index is 13.0. The summed E-state index contributed by atoms with van der Waals surface area (Å²) in [4.78, 5) is 30.6. The average molecular weight is 467 g/mol. The van der Waals surface area contributed by atoms with Crippen LogP contribution in [0.5, 0.6) is 0 Å². The fourth-order valence-corrected chi connectivity index (χ4v) is 4.22. The number of pyridine rings is 1. The lowest BCUT2D eigenvalue weighted by Gasteiger charge is -2.14. The van der Waals surface area contributed by atoms with Crippen molar-refractivity contribution in [2.45, 2.75) is 38.5 Å². The highest BCUT2D eigenvalue weighted by Gasteiger charge is 2.30. The van der Waals surface area contributed by atoms with Crippen LogP contribution in [0.3, 0.4) is 0 Å². The van der Waals surface area contributed by atoms with Gasteiger partial charge in [0.15, 0.2) is 5.69 Å². The molecule has 180 valence electrons. The van der Waals surface area contributed by atoms with E-state index in [4.69, 9.17) is 14.2 Å². The number of amides is 1. The zero-order chi connectivity index (χ0) is 24.1. The molecule has 3 heterocycles. The molecule has 1 aromatic carbocycles. The number of benzene rings is 1. The Morgan fingerprint density at radius 2 is 2.06 bits per heavy atom. The molecular weight excluding hydrogens is 436 g/mol. The maximum Gasteiger partial charge on any atom is 0.356 e. The lowest BCUT2D eigenvalue weighted by molar-refractivity contribution is -0.124. The Balaban J connectivity index is 1.83. The molecule has 9 heteroatoms. The van der Waals surface area contributed by atoms with E-state index in [0.29, 0.717) is 42.9 Å². The molecule has 0 aliphatic carbocycles. The summed E-state index contributed by atoms with van der Waals surface area (Å²) in [6.45, 7) is 3.44. The van der Waals surface area contributed by atoms with Crippen molar-refractivity contribution in [3.8, 4) is 0 Å². The monoisotopic (exact) mass is 466 g/mol. The molecule has 9 nitrogen and oxygen atoms in total. The topological polar surface area (TPSA) is 104 Å². The average Bonchev–Trinajstić information content (AvgIpc) is 3.47. The number of nitrogens with zero attached hydrogens (tertiary/aromatic N) is 2. The maximum atomic E-state index is 13.0. The molecule has 0 radical (unpaired) electrons. The zero-order valence-electron chi connectivity index (χ0n) is 19.7. The minimum atomic E-state index is -0.557. The Morgan fingerprint density at radius 3 is 2.74 bits per heavy atom. The van der Waals surface area contributed by atoms with Gasteiger partial charge in [0.1, 0.15) is 11.8 Å². The fraction of sp³-hybridized carbons (Fsp3) is 0.400. The van der Waals surface area contributed by atoms with E-state index in [1.165, 1.54) is 7.11 Å². The van der Waals surface area contributed by atoms with Gasteiger partial charge in [-0.2, -0.15) is 0 Å². The molecule has 34 heavy (non-hydrogen) atoms. The molecule has 4 rings (SSSR count). The third kappa shape index (κ3) is 5.05. The van der Waals surface area contributed by atoms with Crippen molar-refractivity contribution in [3.63, 3.8) is 0 Å². The number of carbonyl (C=O) groups excluding carboxylic acids is 2. The molecule has 1 amide bonds. The largest absolute Gasteiger partial charge is 0.464 e. The molecule has 2 N–H and O–H groups in total. The zero-order valence-corrected chi connectivity index (χ0v) is 19.7. The van der Waals surface area contributed by atoms with Gasteiger partial charge in [-0.3, -0.25) is 4.79 Å². The molecule has 0 bridgehead atoms. The summed E-state index contributed by atoms with van der Waals surface area (Å²) in [5.74, 6) is -0.841. The van der Waals surface area contributed by atoms with Crippen molar-refractivity contribution >= 4 is 34.3 Å². The summed E-state index contributed by atoms with van der Waals surface area (Å²) in [7, 11) is 2.97. The van der Waals surface area contributed by atoms with Crippen molar-refractivity contribution in [1.29, 1.82) is 0 Å². The number of ether oxygens (including phenoxy) is 3. The van der Waals surface area contributed by atoms with Crippen LogP contribution in [-0.4, -0.2) is 61.0 Å². The number of hydrogen-bond acceptors (Lipinski definition) is 7. The number of aromatic nitrogens is 2. The van der Waals surface area contributed by atoms with E-state index in [0.717, 1.165) is 17.7 Å². The van der Waals surface area contributed by atoms with Crippen LogP contribution in [0.4, 0.5) is 11.4 Å². The first kappa shape index (κ1) is 23.7. The van der Waals surface area contributed by atoms with Crippen LogP contribution in [0.1, 0.15) is 35.8 Å². The number of rotatable bonds is 9. The van der Waals surface area contributed by atoms with Crippen LogP contribution < -0.4 is 10.6 Å². The SMILES string of the molecule is COC[C@@H](C)Nc1cnc2c(c1)c(NC(=O)[C@H]1CCCO1)c(C(=O)OC)n2Cc1ccccc1. The number of nitrogens with one attached hydrogen (secondary N) is 2. The minimum absolute atomic E-state index is 0.0423. The van der Waals surface area contributed by atoms with E-state index < -0.39 is 12.1 Å². The van der Waals surface area contributed by atoms with Gasteiger partial charge in [0, 0.05) is 31.7 Å². The van der Waals surface area contributed by atoms with Crippen LogP contribution in [0.25, 0.3) is 11.0 Å². The standard InChI is InChI=1S/C25H30N4O5/c1-16(15-32-2)27-18-12-19-21(28-24(30)20-10-7-11-34-20)22(25(31)33-3)29(23(19)26-13-18)14-17-8-5-4-6-9-17/h4-6,8-9,12-13,16,20,27H,7,10-11,14-15H2,1-3H3,(H,28,30)/t16-,20-/m1/s1. The van der Waals surface area contributed by atoms with E-state index in [9.17, 15) is 9.59 Å². The van der Waals surface area contributed by atoms with Gasteiger partial charge in [-0.15, -0.1) is 0 Å². The van der Waals surface area contributed by atoms with Crippen molar-refractivity contribution in [2.24, 2.45) is 0 Å². The fourth-order valence-electron chi connectivity index (χ4n) is 4.22. The van der Waals surface area contributed by atoms with Crippen molar-refractivity contribution < 1.29 is 23.8 Å². The summed E-state index contributed by atoms with van der Waals surface area (Å²) in [5.41, 5.74) is 2.91. The number of methoxy groups -OCH3 is 2. The summed E-state index contributed by atoms with van der Waals surface area (Å²) in [6, 6.07) is 11.7. The number of fused-ring (bicyclic) bond motifs is 1. The van der Waals surface area contributed by atoms with E-state index in [2.05, 4.69) is 15.6 Å². The van der Waals surface area contributed by atoms with Gasteiger partial charge in [0.2, 0.25) is 0 Å². The van der Waals surface area contributed by atoms with Crippen LogP contribution in [-0.2, 0) is 25.5 Å². The molecule has 2 aromatic heterocycles. The van der Waals surface area contributed by atoms with E-state index in [1.54, 1.807) is 17.9 Å². The smallest absolute Gasteiger partial charge is 0.356 e. The summed E-state index contributed by atoms with van der Waals surface area (Å²) in [6.07, 6.45) is 2.63. The minimum Gasteiger partial charge on any atom is -0.464 e. The van der Waals surface area contributed by atoms with Crippen molar-refractivity contribution in [1.82, 2.24) is 9.55 Å². The lowest BCUT2D eigenvalue weighted by atomic mass is 10.2. The first-order valence-electron chi connectivity index (χ1n) is 11.3. The normalized spacial score (nSPS) is 16.4. The Labute approximate surface area is 198 Å². The quantitative estimate of drug-likeness (QED) is 0.466. The van der Waals surface area contributed by atoms with Crippen LogP contribution in [0, 0.1) is 0 Å². The number of anilines is 2. The third-order valence-electron chi connectivity index (χ3n) is 5.76. The molecule has 1 fully saturated rings. The molecule has 3 aromatic rings. The Morgan fingerprint density at radius 1 is 1.26 bits per heavy atom. The first-order chi connectivity index (χ1) is 16.5. The van der Waals surface area contributed by atoms with Crippen LogP contribution >= 0.6 is 0 Å². The number of carbonyl (C=O) groups is 2. The molecule has 0 spiro atoms. The Kier molecular flexibility index (Phi) is 7.44. The third-order valence-corrected chi connectivity index (χ3v) is 5.76. The molecular formula is C25H30N4O5. The van der Waals surface area contributed by atoms with Gasteiger partial charge < -0.3 is 29.4 Å².